The minimum atomic E-state index is -1.02. The van der Waals surface area contributed by atoms with Crippen LogP contribution in [-0.4, -0.2) is 18.2 Å². The predicted molar refractivity (Wildman–Crippen MR) is 52.2 cm³/mol. The zero-order valence-electron chi connectivity index (χ0n) is 6.78. The number of ether oxygens (including phenoxy) is 1. The molecule has 5 heteroatoms. The van der Waals surface area contributed by atoms with Crippen LogP contribution in [0.1, 0.15) is 10.4 Å². The molecule has 1 rings (SSSR count). The minimum Gasteiger partial charge on any atom is -0.496 e. The molecule has 0 bridgehead atoms. The van der Waals surface area contributed by atoms with Crippen LogP contribution in [0.4, 0.5) is 0 Å². The summed E-state index contributed by atoms with van der Waals surface area (Å²) in [4.78, 5) is 10.6. The highest BCUT2D eigenvalue weighted by atomic mass is 35.5. The number of halogens is 2. The van der Waals surface area contributed by atoms with Crippen LogP contribution >= 0.6 is 24.0 Å². The van der Waals surface area contributed by atoms with Gasteiger partial charge in [-0.3, -0.25) is 0 Å². The molecule has 0 heterocycles. The summed E-state index contributed by atoms with van der Waals surface area (Å²) in [6.07, 6.45) is 0. The fourth-order valence-electron chi connectivity index (χ4n) is 0.842. The summed E-state index contributed by atoms with van der Waals surface area (Å²) in [6, 6.07) is 4.38. The Hall–Kier alpha value is -0.930. The van der Waals surface area contributed by atoms with E-state index in [2.05, 4.69) is 0 Å². The van der Waals surface area contributed by atoms with E-state index in [1.54, 1.807) is 0 Å². The summed E-state index contributed by atoms with van der Waals surface area (Å²) in [5.74, 6) is -0.751. The van der Waals surface area contributed by atoms with Gasteiger partial charge in [-0.05, 0) is 18.2 Å². The lowest BCUT2D eigenvalue weighted by Crippen LogP contribution is -1.99. The Morgan fingerprint density at radius 1 is 1.54 bits per heavy atom. The number of carboxylic acids is 1. The molecule has 1 aromatic rings. The Bertz CT molecular complexity index is 312. The molecule has 0 fully saturated rings. The molecule has 1 N–H and O–H groups in total. The second-order valence-electron chi connectivity index (χ2n) is 2.15. The number of carbonyl (C=O) groups is 1. The standard InChI is InChI=1S/C8H7ClO3.ClH/c1-12-7-4-5(9)2-3-6(7)8(10)11;/h2-4H,1H3,(H,10,11);1H. The fraction of sp³-hybridized carbons (Fsp3) is 0.125. The fourth-order valence-corrected chi connectivity index (χ4v) is 1.00. The monoisotopic (exact) mass is 222 g/mol. The van der Waals surface area contributed by atoms with Crippen molar-refractivity contribution in [2.45, 2.75) is 0 Å². The number of carboxylic acid groups (broad SMARTS) is 1. The summed E-state index contributed by atoms with van der Waals surface area (Å²) in [7, 11) is 1.40. The lowest BCUT2D eigenvalue weighted by molar-refractivity contribution is 0.0693. The third-order valence-corrected chi connectivity index (χ3v) is 1.63. The molecular formula is C8H8Cl2O3. The van der Waals surface area contributed by atoms with E-state index in [4.69, 9.17) is 21.4 Å². The van der Waals surface area contributed by atoms with Crippen LogP contribution in [0.5, 0.6) is 5.75 Å². The second-order valence-corrected chi connectivity index (χ2v) is 2.59. The number of aromatic carboxylic acids is 1. The lowest BCUT2D eigenvalue weighted by Gasteiger charge is -2.03. The first-order valence-corrected chi connectivity index (χ1v) is 3.60. The van der Waals surface area contributed by atoms with Crippen molar-refractivity contribution in [1.29, 1.82) is 0 Å². The lowest BCUT2D eigenvalue weighted by atomic mass is 10.2. The van der Waals surface area contributed by atoms with Crippen LogP contribution in [0.25, 0.3) is 0 Å². The molecule has 3 nitrogen and oxygen atoms in total. The van der Waals surface area contributed by atoms with Gasteiger partial charge < -0.3 is 9.84 Å². The first kappa shape index (κ1) is 12.1. The maximum absolute atomic E-state index is 10.6. The highest BCUT2D eigenvalue weighted by molar-refractivity contribution is 6.30. The molecular weight excluding hydrogens is 215 g/mol. The first-order valence-electron chi connectivity index (χ1n) is 3.22. The molecule has 0 aliphatic carbocycles. The Labute approximate surface area is 86.7 Å². The molecule has 0 amide bonds. The molecule has 0 aliphatic heterocycles. The van der Waals surface area contributed by atoms with Gasteiger partial charge in [0, 0.05) is 5.02 Å². The molecule has 0 aliphatic rings. The Morgan fingerprint density at radius 2 is 2.15 bits per heavy atom. The molecule has 13 heavy (non-hydrogen) atoms. The number of methoxy groups -OCH3 is 1. The molecule has 0 spiro atoms. The third-order valence-electron chi connectivity index (χ3n) is 1.39. The van der Waals surface area contributed by atoms with Gasteiger partial charge in [-0.1, -0.05) is 11.6 Å². The van der Waals surface area contributed by atoms with Crippen LogP contribution < -0.4 is 4.74 Å². The highest BCUT2D eigenvalue weighted by Crippen LogP contribution is 2.22. The Morgan fingerprint density at radius 3 is 2.62 bits per heavy atom. The maximum Gasteiger partial charge on any atom is 0.339 e. The average molecular weight is 223 g/mol. The molecule has 0 saturated carbocycles. The van der Waals surface area contributed by atoms with Crippen LogP contribution in [0.15, 0.2) is 18.2 Å². The number of rotatable bonds is 2. The second kappa shape index (κ2) is 4.94. The number of hydrogen-bond acceptors (Lipinski definition) is 2. The van der Waals surface area contributed by atoms with E-state index >= 15 is 0 Å². The molecule has 0 saturated heterocycles. The Kier molecular flexibility index (Phi) is 4.59. The van der Waals surface area contributed by atoms with Crippen molar-refractivity contribution in [2.24, 2.45) is 0 Å². The predicted octanol–water partition coefficient (Wildman–Crippen LogP) is 2.47. The van der Waals surface area contributed by atoms with Crippen molar-refractivity contribution in [3.63, 3.8) is 0 Å². The van der Waals surface area contributed by atoms with Gasteiger partial charge in [0.05, 0.1) is 7.11 Å². The van der Waals surface area contributed by atoms with Gasteiger partial charge >= 0.3 is 5.97 Å². The van der Waals surface area contributed by atoms with Gasteiger partial charge in [-0.2, -0.15) is 0 Å². The summed E-state index contributed by atoms with van der Waals surface area (Å²) < 4.78 is 4.82. The van der Waals surface area contributed by atoms with E-state index in [1.807, 2.05) is 0 Å². The highest BCUT2D eigenvalue weighted by Gasteiger charge is 2.09. The van der Waals surface area contributed by atoms with Gasteiger partial charge in [0.2, 0.25) is 0 Å². The molecule has 72 valence electrons. The average Bonchev–Trinajstić information content (AvgIpc) is 2.03. The van der Waals surface area contributed by atoms with Crippen molar-refractivity contribution in [3.05, 3.63) is 28.8 Å². The molecule has 0 atom stereocenters. The van der Waals surface area contributed by atoms with Crippen molar-refractivity contribution in [3.8, 4) is 5.75 Å². The summed E-state index contributed by atoms with van der Waals surface area (Å²) in [5.41, 5.74) is 0.113. The van der Waals surface area contributed by atoms with Gasteiger partial charge in [0.1, 0.15) is 11.3 Å². The van der Waals surface area contributed by atoms with E-state index in [1.165, 1.54) is 25.3 Å². The number of benzene rings is 1. The van der Waals surface area contributed by atoms with Crippen LogP contribution in [-0.2, 0) is 0 Å². The smallest absolute Gasteiger partial charge is 0.339 e. The normalized spacial score (nSPS) is 8.77. The largest absolute Gasteiger partial charge is 0.496 e. The van der Waals surface area contributed by atoms with E-state index in [9.17, 15) is 4.79 Å². The van der Waals surface area contributed by atoms with Crippen molar-refractivity contribution < 1.29 is 14.6 Å². The third kappa shape index (κ3) is 2.79. The van der Waals surface area contributed by atoms with Gasteiger partial charge in [0.15, 0.2) is 0 Å². The Balaban J connectivity index is 0.00000144. The van der Waals surface area contributed by atoms with E-state index in [0.717, 1.165) is 0 Å². The zero-order valence-corrected chi connectivity index (χ0v) is 8.35. The topological polar surface area (TPSA) is 46.5 Å². The summed E-state index contributed by atoms with van der Waals surface area (Å²) >= 11 is 5.63. The number of hydrogen-bond donors (Lipinski definition) is 1. The summed E-state index contributed by atoms with van der Waals surface area (Å²) in [5, 5.41) is 9.12. The van der Waals surface area contributed by atoms with Gasteiger partial charge in [-0.15, -0.1) is 12.4 Å². The first-order chi connectivity index (χ1) is 5.65. The quantitative estimate of drug-likeness (QED) is 0.837. The SMILES string of the molecule is COc1cc(Cl)ccc1C(=O)O.Cl. The van der Waals surface area contributed by atoms with Gasteiger partial charge in [0.25, 0.3) is 0 Å². The molecule has 0 unspecified atom stereocenters. The summed E-state index contributed by atoms with van der Waals surface area (Å²) in [6.45, 7) is 0. The van der Waals surface area contributed by atoms with Crippen molar-refractivity contribution in [1.82, 2.24) is 0 Å². The van der Waals surface area contributed by atoms with Crippen LogP contribution in [0, 0.1) is 0 Å². The minimum absolute atomic E-state index is 0. The maximum atomic E-state index is 10.6. The van der Waals surface area contributed by atoms with Crippen LogP contribution in [0.3, 0.4) is 0 Å². The van der Waals surface area contributed by atoms with E-state index < -0.39 is 5.97 Å². The molecule has 0 radical (unpaired) electrons. The zero-order chi connectivity index (χ0) is 9.14. The van der Waals surface area contributed by atoms with Crippen LogP contribution in [0.2, 0.25) is 5.02 Å². The van der Waals surface area contributed by atoms with E-state index in [-0.39, 0.29) is 23.7 Å². The van der Waals surface area contributed by atoms with Crippen molar-refractivity contribution in [2.75, 3.05) is 7.11 Å². The molecule has 1 aromatic carbocycles. The van der Waals surface area contributed by atoms with Crippen molar-refractivity contribution >= 4 is 30.0 Å². The van der Waals surface area contributed by atoms with Gasteiger partial charge in [-0.25, -0.2) is 4.79 Å². The van der Waals surface area contributed by atoms with E-state index in [0.29, 0.717) is 5.02 Å². The molecule has 0 aromatic heterocycles.